The number of nitrogens with zero attached hydrogens (tertiary/aromatic N) is 2. The molecule has 1 aliphatic heterocycles. The Morgan fingerprint density at radius 3 is 2.42 bits per heavy atom. The summed E-state index contributed by atoms with van der Waals surface area (Å²) in [5.74, 6) is -2.31. The fourth-order valence-corrected chi connectivity index (χ4v) is 10.3. The van der Waals surface area contributed by atoms with Gasteiger partial charge in [-0.2, -0.15) is 0 Å². The van der Waals surface area contributed by atoms with Gasteiger partial charge in [-0.25, -0.2) is 4.79 Å². The van der Waals surface area contributed by atoms with E-state index in [0.717, 1.165) is 36.1 Å². The van der Waals surface area contributed by atoms with E-state index in [4.69, 9.17) is 23.2 Å². The lowest BCUT2D eigenvalue weighted by atomic mass is 9.57. The van der Waals surface area contributed by atoms with Crippen molar-refractivity contribution in [2.24, 2.45) is 11.8 Å². The van der Waals surface area contributed by atoms with E-state index in [2.05, 4.69) is 49.3 Å². The highest BCUT2D eigenvalue weighted by molar-refractivity contribution is 6.74. The molecule has 7 rings (SSSR count). The van der Waals surface area contributed by atoms with Crippen LogP contribution in [0.25, 0.3) is 5.76 Å². The van der Waals surface area contributed by atoms with Crippen LogP contribution < -0.4 is 14.8 Å². The van der Waals surface area contributed by atoms with Crippen LogP contribution in [0.5, 0.6) is 11.6 Å². The normalized spacial score (nSPS) is 25.1. The second-order valence-electron chi connectivity index (χ2n) is 18.6. The Morgan fingerprint density at radius 1 is 1.07 bits per heavy atom. The number of fused-ring (bicyclic) bond motifs is 4. The van der Waals surface area contributed by atoms with Crippen molar-refractivity contribution >= 4 is 31.8 Å². The molecule has 5 atom stereocenters. The smallest absolute Gasteiger partial charge is 0.507 e. The van der Waals surface area contributed by atoms with Gasteiger partial charge in [-0.15, -0.1) is 0 Å². The Kier molecular flexibility index (Phi) is 10.6. The lowest BCUT2D eigenvalue weighted by Crippen LogP contribution is -2.68. The van der Waals surface area contributed by atoms with Crippen LogP contribution in [-0.4, -0.2) is 72.5 Å². The molecule has 2 N–H and O–H groups in total. The molecule has 57 heavy (non-hydrogen) atoms. The predicted octanol–water partition coefficient (Wildman–Crippen LogP) is 8.67. The SMILES string of the molecule is CCN[C@@H]1c2onc(OCc3ccccc3)c2C(=O)C2(O[Si](C)(C)C(C)(C)C)C(=O)C3=C(O)c4c(cc(C5CCCN5C)cc4OC(=O)OC(C)(C)C)C[C@H]3C[C@@H]12. The second kappa shape index (κ2) is 14.8. The molecule has 0 spiro atoms. The highest BCUT2D eigenvalue weighted by atomic mass is 28.4. The molecule has 2 aromatic carbocycles. The summed E-state index contributed by atoms with van der Waals surface area (Å²) in [6.45, 7) is 19.0. The van der Waals surface area contributed by atoms with Gasteiger partial charge >= 0.3 is 6.16 Å². The van der Waals surface area contributed by atoms with Gasteiger partial charge < -0.3 is 33.6 Å². The van der Waals surface area contributed by atoms with Crippen molar-refractivity contribution < 1.29 is 42.6 Å². The first-order chi connectivity index (χ1) is 26.8. The van der Waals surface area contributed by atoms with Crippen molar-refractivity contribution in [2.75, 3.05) is 20.1 Å². The van der Waals surface area contributed by atoms with E-state index in [-0.39, 0.29) is 46.7 Å². The van der Waals surface area contributed by atoms with E-state index in [9.17, 15) is 9.90 Å². The number of ether oxygens (including phenoxy) is 3. The quantitative estimate of drug-likeness (QED) is 0.0923. The van der Waals surface area contributed by atoms with E-state index in [1.54, 1.807) is 26.8 Å². The Bertz CT molecular complexity index is 2100. The first kappa shape index (κ1) is 40.9. The number of benzene rings is 2. The van der Waals surface area contributed by atoms with Crippen LogP contribution in [0.15, 0.2) is 52.6 Å². The highest BCUT2D eigenvalue weighted by Gasteiger charge is 2.68. The van der Waals surface area contributed by atoms with Crippen LogP contribution in [0.3, 0.4) is 0 Å². The Morgan fingerprint density at radius 2 is 1.79 bits per heavy atom. The number of nitrogens with one attached hydrogen (secondary N) is 1. The number of hydrogen-bond donors (Lipinski definition) is 2. The van der Waals surface area contributed by atoms with Gasteiger partial charge in [0.15, 0.2) is 19.7 Å². The van der Waals surface area contributed by atoms with E-state index in [0.29, 0.717) is 25.1 Å². The maximum Gasteiger partial charge on any atom is 0.514 e. The molecule has 1 saturated heterocycles. The molecule has 4 aliphatic rings. The number of carbonyl (C=O) groups excluding carboxylic acids is 3. The zero-order valence-electron chi connectivity index (χ0n) is 34.9. The zero-order valence-corrected chi connectivity index (χ0v) is 35.9. The summed E-state index contributed by atoms with van der Waals surface area (Å²) in [7, 11) is -0.857. The number of aliphatic hydroxyl groups is 1. The van der Waals surface area contributed by atoms with Crippen LogP contribution in [0.2, 0.25) is 18.1 Å². The molecule has 2 heterocycles. The van der Waals surface area contributed by atoms with Gasteiger partial charge in [-0.1, -0.05) is 64.1 Å². The van der Waals surface area contributed by atoms with Crippen molar-refractivity contribution in [3.05, 3.63) is 81.6 Å². The summed E-state index contributed by atoms with van der Waals surface area (Å²) in [6, 6.07) is 12.8. The summed E-state index contributed by atoms with van der Waals surface area (Å²) >= 11 is 0. The maximum atomic E-state index is 15.8. The first-order valence-electron chi connectivity index (χ1n) is 20.2. The van der Waals surface area contributed by atoms with Crippen molar-refractivity contribution in [3.63, 3.8) is 0 Å². The van der Waals surface area contributed by atoms with Gasteiger partial charge in [0.2, 0.25) is 11.6 Å². The maximum absolute atomic E-state index is 15.8. The average molecular weight is 800 g/mol. The molecule has 1 aromatic heterocycles. The van der Waals surface area contributed by atoms with Gasteiger partial charge in [0.05, 0.1) is 11.6 Å². The van der Waals surface area contributed by atoms with Crippen LogP contribution in [-0.2, 0) is 27.0 Å². The molecule has 2 unspecified atom stereocenters. The fraction of sp³-hybridized carbons (Fsp3) is 0.545. The summed E-state index contributed by atoms with van der Waals surface area (Å²) in [6.07, 6.45) is 1.71. The monoisotopic (exact) mass is 799 g/mol. The number of hydrogen-bond acceptors (Lipinski definition) is 12. The number of aromatic nitrogens is 1. The fourth-order valence-electron chi connectivity index (χ4n) is 8.84. The minimum absolute atomic E-state index is 0.0158. The summed E-state index contributed by atoms with van der Waals surface area (Å²) in [4.78, 5) is 46.8. The average Bonchev–Trinajstić information content (AvgIpc) is 3.75. The van der Waals surface area contributed by atoms with Crippen LogP contribution >= 0.6 is 0 Å². The van der Waals surface area contributed by atoms with Crippen molar-refractivity contribution in [1.82, 2.24) is 15.4 Å². The van der Waals surface area contributed by atoms with Gasteiger partial charge in [-0.3, -0.25) is 14.5 Å². The third-order valence-electron chi connectivity index (χ3n) is 12.5. The molecular weight excluding hydrogens is 743 g/mol. The Balaban J connectivity index is 1.41. The highest BCUT2D eigenvalue weighted by Crippen LogP contribution is 2.58. The van der Waals surface area contributed by atoms with E-state index in [1.807, 2.05) is 50.3 Å². The predicted molar refractivity (Wildman–Crippen MR) is 217 cm³/mol. The van der Waals surface area contributed by atoms with Gasteiger partial charge in [0, 0.05) is 17.5 Å². The van der Waals surface area contributed by atoms with Crippen molar-refractivity contribution in [1.29, 1.82) is 0 Å². The minimum Gasteiger partial charge on any atom is -0.507 e. The van der Waals surface area contributed by atoms with Gasteiger partial charge in [-0.05, 0) is 119 Å². The third kappa shape index (κ3) is 7.25. The zero-order chi connectivity index (χ0) is 41.2. The van der Waals surface area contributed by atoms with Crippen LogP contribution in [0, 0.1) is 11.8 Å². The van der Waals surface area contributed by atoms with E-state index >= 15 is 9.59 Å². The Labute approximate surface area is 336 Å². The number of aliphatic hydroxyl groups excluding tert-OH is 1. The molecule has 0 radical (unpaired) electrons. The van der Waals surface area contributed by atoms with E-state index < -0.39 is 60.2 Å². The van der Waals surface area contributed by atoms with Crippen LogP contribution in [0.4, 0.5) is 4.79 Å². The molecule has 0 bridgehead atoms. The van der Waals surface area contributed by atoms with Gasteiger partial charge in [0.25, 0.3) is 5.88 Å². The summed E-state index contributed by atoms with van der Waals surface area (Å²) in [5.41, 5.74) is 0.0937. The number of likely N-dealkylation sites (tertiary alicyclic amines) is 1. The topological polar surface area (TPSA) is 150 Å². The largest absolute Gasteiger partial charge is 0.514 e. The lowest BCUT2D eigenvalue weighted by molar-refractivity contribution is -0.138. The summed E-state index contributed by atoms with van der Waals surface area (Å²) in [5, 5.41) is 19.9. The second-order valence-corrected chi connectivity index (χ2v) is 23.3. The molecule has 0 amide bonds. The van der Waals surface area contributed by atoms with Crippen molar-refractivity contribution in [2.45, 2.75) is 122 Å². The standard InChI is InChI=1S/C44H57N3O9Si/c1-11-45-35-29-22-28-21-27-20-26(30-18-15-19-47(30)8)23-31(53-41(51)54-42(2,3)4)32(27)36(48)33(28)38(49)44(29,56-57(9,10)43(5,6)7)39(50)34-37(35)55-46-40(34)52-24-25-16-13-12-14-17-25/h12-14,16-17,20,23,28-30,35,45,48H,11,15,18-19,21-22,24H2,1-10H3/t28-,29-,30?,35-,44?/m0/s1. The van der Waals surface area contributed by atoms with Gasteiger partial charge in [0.1, 0.15) is 29.3 Å². The molecule has 12 nitrogen and oxygen atoms in total. The third-order valence-corrected chi connectivity index (χ3v) is 16.9. The number of Topliss-reactive ketones (excluding diaryl/α,β-unsaturated/α-hetero) is 2. The molecule has 306 valence electrons. The lowest BCUT2D eigenvalue weighted by Gasteiger charge is -2.54. The molecule has 3 aromatic rings. The van der Waals surface area contributed by atoms with E-state index in [1.165, 1.54) is 0 Å². The minimum atomic E-state index is -2.93. The molecule has 2 fully saturated rings. The van der Waals surface area contributed by atoms with Crippen molar-refractivity contribution in [3.8, 4) is 11.6 Å². The molecule has 3 aliphatic carbocycles. The number of carbonyl (C=O) groups is 3. The molecule has 13 heteroatoms. The number of rotatable bonds is 9. The summed E-state index contributed by atoms with van der Waals surface area (Å²) < 4.78 is 30.9. The Hall–Kier alpha value is -4.30. The number of ketones is 2. The molecule has 1 saturated carbocycles. The molecular formula is C44H57N3O9Si. The van der Waals surface area contributed by atoms with Crippen LogP contribution in [0.1, 0.15) is 118 Å². The first-order valence-corrected chi connectivity index (χ1v) is 23.1.